The predicted molar refractivity (Wildman–Crippen MR) is 88.8 cm³/mol. The summed E-state index contributed by atoms with van der Waals surface area (Å²) in [4.78, 5) is 11.4. The Labute approximate surface area is 143 Å². The molecule has 0 saturated carbocycles. The number of hydrogen-bond acceptors (Lipinski definition) is 6. The lowest BCUT2D eigenvalue weighted by Gasteiger charge is -2.20. The molecular formula is C16H14N2O6S. The van der Waals surface area contributed by atoms with E-state index in [1.165, 1.54) is 18.2 Å². The van der Waals surface area contributed by atoms with Crippen molar-refractivity contribution in [3.8, 4) is 17.2 Å². The number of hydrogen-bond donors (Lipinski definition) is 2. The van der Waals surface area contributed by atoms with Crippen molar-refractivity contribution < 1.29 is 27.4 Å². The zero-order valence-electron chi connectivity index (χ0n) is 12.9. The number of carbonyl (C=O) groups excluding carboxylic acids is 1. The maximum Gasteiger partial charge on any atom is 0.262 e. The Hall–Kier alpha value is -2.94. The predicted octanol–water partition coefficient (Wildman–Crippen LogP) is 1.59. The summed E-state index contributed by atoms with van der Waals surface area (Å²) in [6.07, 6.45) is 0. The maximum atomic E-state index is 12.6. The van der Waals surface area contributed by atoms with Crippen LogP contribution in [0.2, 0.25) is 0 Å². The zero-order chi connectivity index (χ0) is 17.4. The van der Waals surface area contributed by atoms with Crippen molar-refractivity contribution in [3.05, 3.63) is 36.4 Å². The first-order valence-corrected chi connectivity index (χ1v) is 8.99. The van der Waals surface area contributed by atoms with Crippen LogP contribution in [0.3, 0.4) is 0 Å². The number of amides is 1. The number of benzene rings is 2. The van der Waals surface area contributed by atoms with Gasteiger partial charge in [-0.3, -0.25) is 9.52 Å². The molecule has 0 aromatic heterocycles. The molecule has 1 amide bonds. The van der Waals surface area contributed by atoms with E-state index in [1.807, 2.05) is 0 Å². The largest absolute Gasteiger partial charge is 0.486 e. The van der Waals surface area contributed by atoms with Crippen LogP contribution in [0.4, 0.5) is 11.4 Å². The van der Waals surface area contributed by atoms with E-state index in [4.69, 9.17) is 14.2 Å². The van der Waals surface area contributed by atoms with Crippen LogP contribution < -0.4 is 24.2 Å². The summed E-state index contributed by atoms with van der Waals surface area (Å²) in [5.74, 6) is 1.10. The minimum absolute atomic E-state index is 0.0507. The molecule has 25 heavy (non-hydrogen) atoms. The van der Waals surface area contributed by atoms with Gasteiger partial charge in [-0.25, -0.2) is 8.42 Å². The van der Waals surface area contributed by atoms with Gasteiger partial charge in [0.25, 0.3) is 15.9 Å². The summed E-state index contributed by atoms with van der Waals surface area (Å²) in [7, 11) is -3.83. The second-order valence-corrected chi connectivity index (χ2v) is 7.14. The fourth-order valence-corrected chi connectivity index (χ4v) is 3.62. The average Bonchev–Trinajstić information content (AvgIpc) is 2.60. The molecule has 0 spiro atoms. The third-order valence-corrected chi connectivity index (χ3v) is 5.07. The molecule has 0 saturated heterocycles. The van der Waals surface area contributed by atoms with Gasteiger partial charge in [-0.1, -0.05) is 0 Å². The van der Waals surface area contributed by atoms with Gasteiger partial charge in [0.05, 0.1) is 16.3 Å². The molecule has 0 bridgehead atoms. The first kappa shape index (κ1) is 15.6. The van der Waals surface area contributed by atoms with Crippen molar-refractivity contribution in [1.82, 2.24) is 0 Å². The molecule has 0 aliphatic carbocycles. The minimum Gasteiger partial charge on any atom is -0.486 e. The Kier molecular flexibility index (Phi) is 3.65. The Morgan fingerprint density at radius 3 is 2.52 bits per heavy atom. The number of ether oxygens (including phenoxy) is 3. The van der Waals surface area contributed by atoms with Crippen LogP contribution in [0, 0.1) is 0 Å². The van der Waals surface area contributed by atoms with Crippen molar-refractivity contribution in [3.63, 3.8) is 0 Å². The summed E-state index contributed by atoms with van der Waals surface area (Å²) in [6, 6.07) is 9.08. The molecule has 4 rings (SSSR count). The highest BCUT2D eigenvalue weighted by atomic mass is 32.2. The lowest BCUT2D eigenvalue weighted by Crippen LogP contribution is -2.25. The van der Waals surface area contributed by atoms with Crippen LogP contribution in [-0.4, -0.2) is 34.1 Å². The van der Waals surface area contributed by atoms with Crippen molar-refractivity contribution in [1.29, 1.82) is 0 Å². The molecule has 0 atom stereocenters. The van der Waals surface area contributed by atoms with E-state index in [0.29, 0.717) is 41.8 Å². The van der Waals surface area contributed by atoms with E-state index in [2.05, 4.69) is 10.0 Å². The summed E-state index contributed by atoms with van der Waals surface area (Å²) in [5.41, 5.74) is 0.720. The van der Waals surface area contributed by atoms with E-state index in [0.717, 1.165) is 0 Å². The third kappa shape index (κ3) is 3.05. The standard InChI is InChI=1S/C16H14N2O6S/c19-16-9-24-13-3-1-10(7-12(13)17-16)18-25(20,21)11-2-4-14-15(8-11)23-6-5-22-14/h1-4,7-8,18H,5-6,9H2,(H,17,19). The van der Waals surface area contributed by atoms with Gasteiger partial charge in [-0.05, 0) is 30.3 Å². The summed E-state index contributed by atoms with van der Waals surface area (Å²) in [6.45, 7) is 0.740. The first-order valence-electron chi connectivity index (χ1n) is 7.50. The molecule has 0 fully saturated rings. The third-order valence-electron chi connectivity index (χ3n) is 3.69. The van der Waals surface area contributed by atoms with Crippen LogP contribution in [-0.2, 0) is 14.8 Å². The summed E-state index contributed by atoms with van der Waals surface area (Å²) in [5, 5.41) is 2.63. The Morgan fingerprint density at radius 1 is 0.920 bits per heavy atom. The number of fused-ring (bicyclic) bond motifs is 2. The van der Waals surface area contributed by atoms with Crippen LogP contribution >= 0.6 is 0 Å². The van der Waals surface area contributed by atoms with E-state index >= 15 is 0 Å². The molecule has 2 aliphatic rings. The van der Waals surface area contributed by atoms with Gasteiger partial charge in [0.15, 0.2) is 18.1 Å². The van der Waals surface area contributed by atoms with Gasteiger partial charge in [-0.15, -0.1) is 0 Å². The first-order chi connectivity index (χ1) is 12.0. The summed E-state index contributed by atoms with van der Waals surface area (Å²) < 4.78 is 43.7. The van der Waals surface area contributed by atoms with Crippen LogP contribution in [0.25, 0.3) is 0 Å². The number of anilines is 2. The van der Waals surface area contributed by atoms with E-state index in [-0.39, 0.29) is 17.4 Å². The van der Waals surface area contributed by atoms with Gasteiger partial charge >= 0.3 is 0 Å². The molecule has 2 N–H and O–H groups in total. The molecular weight excluding hydrogens is 348 g/mol. The van der Waals surface area contributed by atoms with Gasteiger partial charge in [0, 0.05) is 6.07 Å². The van der Waals surface area contributed by atoms with Crippen LogP contribution in [0.15, 0.2) is 41.3 Å². The minimum atomic E-state index is -3.83. The van der Waals surface area contributed by atoms with Gasteiger partial charge in [0.2, 0.25) is 0 Å². The highest BCUT2D eigenvalue weighted by molar-refractivity contribution is 7.92. The molecule has 2 aliphatic heterocycles. The fourth-order valence-electron chi connectivity index (χ4n) is 2.55. The second kappa shape index (κ2) is 5.85. The van der Waals surface area contributed by atoms with Crippen molar-refractivity contribution in [2.75, 3.05) is 29.9 Å². The Balaban J connectivity index is 1.61. The number of nitrogens with one attached hydrogen (secondary N) is 2. The van der Waals surface area contributed by atoms with Gasteiger partial charge < -0.3 is 19.5 Å². The van der Waals surface area contributed by atoms with Crippen molar-refractivity contribution in [2.24, 2.45) is 0 Å². The number of rotatable bonds is 3. The molecule has 130 valence electrons. The highest BCUT2D eigenvalue weighted by Gasteiger charge is 2.21. The molecule has 0 unspecified atom stereocenters. The normalized spacial score (nSPS) is 15.6. The Bertz CT molecular complexity index is 957. The monoisotopic (exact) mass is 362 g/mol. The van der Waals surface area contributed by atoms with Crippen LogP contribution in [0.5, 0.6) is 17.2 Å². The lowest BCUT2D eigenvalue weighted by atomic mass is 10.2. The molecule has 2 aromatic carbocycles. The summed E-state index contributed by atoms with van der Waals surface area (Å²) >= 11 is 0. The van der Waals surface area contributed by atoms with E-state index in [9.17, 15) is 13.2 Å². The van der Waals surface area contributed by atoms with Crippen molar-refractivity contribution >= 4 is 27.3 Å². The van der Waals surface area contributed by atoms with Gasteiger partial charge in [0.1, 0.15) is 19.0 Å². The topological polar surface area (TPSA) is 103 Å². The van der Waals surface area contributed by atoms with Crippen LogP contribution in [0.1, 0.15) is 0 Å². The molecule has 0 radical (unpaired) electrons. The highest BCUT2D eigenvalue weighted by Crippen LogP contribution is 2.34. The quantitative estimate of drug-likeness (QED) is 0.860. The SMILES string of the molecule is O=C1COc2ccc(NS(=O)(=O)c3ccc4c(c3)OCCO4)cc2N1. The van der Waals surface area contributed by atoms with E-state index in [1.54, 1.807) is 18.2 Å². The smallest absolute Gasteiger partial charge is 0.262 e. The molecule has 2 heterocycles. The average molecular weight is 362 g/mol. The maximum absolute atomic E-state index is 12.6. The molecule has 8 nitrogen and oxygen atoms in total. The van der Waals surface area contributed by atoms with Gasteiger partial charge in [-0.2, -0.15) is 0 Å². The fraction of sp³-hybridized carbons (Fsp3) is 0.188. The number of carbonyl (C=O) groups is 1. The second-order valence-electron chi connectivity index (χ2n) is 5.46. The zero-order valence-corrected chi connectivity index (χ0v) is 13.8. The van der Waals surface area contributed by atoms with E-state index < -0.39 is 10.0 Å². The number of sulfonamides is 1. The lowest BCUT2D eigenvalue weighted by molar-refractivity contribution is -0.118. The Morgan fingerprint density at radius 2 is 1.68 bits per heavy atom. The van der Waals surface area contributed by atoms with Crippen molar-refractivity contribution in [2.45, 2.75) is 4.90 Å². The molecule has 9 heteroatoms. The molecule has 2 aromatic rings.